The molecule has 5 N–H and O–H groups in total. The van der Waals surface area contributed by atoms with E-state index < -0.39 is 0 Å². The zero-order chi connectivity index (χ0) is 14.4. The number of hydrazine groups is 1. The highest BCUT2D eigenvalue weighted by Gasteiger charge is 2.26. The van der Waals surface area contributed by atoms with Crippen LogP contribution in [0, 0.1) is 0 Å². The third-order valence-electron chi connectivity index (χ3n) is 3.18. The Kier molecular flexibility index (Phi) is 5.06. The molecule has 0 aliphatic carbocycles. The highest BCUT2D eigenvalue weighted by molar-refractivity contribution is 5.47. The Morgan fingerprint density at radius 1 is 1.25 bits per heavy atom. The highest BCUT2D eigenvalue weighted by Crippen LogP contribution is 2.33. The predicted molar refractivity (Wildman–Crippen MR) is 79.5 cm³/mol. The van der Waals surface area contributed by atoms with Crippen molar-refractivity contribution in [3.05, 3.63) is 59.9 Å². The fourth-order valence-electron chi connectivity index (χ4n) is 2.22. The molecule has 2 aromatic rings. The van der Waals surface area contributed by atoms with Gasteiger partial charge in [0.15, 0.2) is 0 Å². The lowest BCUT2D eigenvalue weighted by molar-refractivity contribution is 0.0327. The van der Waals surface area contributed by atoms with Crippen LogP contribution >= 0.6 is 0 Å². The maximum atomic E-state index is 6.02. The Balaban J connectivity index is 2.38. The molecule has 0 aliphatic heterocycles. The molecule has 0 radical (unpaired) electrons. The second-order valence-electron chi connectivity index (χ2n) is 4.44. The van der Waals surface area contributed by atoms with Crippen molar-refractivity contribution < 1.29 is 4.74 Å². The third-order valence-corrected chi connectivity index (χ3v) is 3.18. The van der Waals surface area contributed by atoms with E-state index in [2.05, 4.69) is 10.4 Å². The molecule has 20 heavy (non-hydrogen) atoms. The molecule has 0 amide bonds. The van der Waals surface area contributed by atoms with Gasteiger partial charge in [0.2, 0.25) is 0 Å². The van der Waals surface area contributed by atoms with Crippen LogP contribution in [0.1, 0.15) is 30.2 Å². The molecular formula is C15H20N4O. The van der Waals surface area contributed by atoms with Crippen LogP contribution in [0.15, 0.2) is 48.8 Å². The average molecular weight is 272 g/mol. The Morgan fingerprint density at radius 2 is 2.00 bits per heavy atom. The van der Waals surface area contributed by atoms with Gasteiger partial charge < -0.3 is 10.5 Å². The molecule has 0 saturated heterocycles. The monoisotopic (exact) mass is 272 g/mol. The number of ether oxygens (including phenoxy) is 1. The van der Waals surface area contributed by atoms with Crippen molar-refractivity contribution in [3.63, 3.8) is 0 Å². The van der Waals surface area contributed by atoms with Gasteiger partial charge in [-0.25, -0.2) is 5.43 Å². The van der Waals surface area contributed by atoms with Gasteiger partial charge in [-0.1, -0.05) is 30.3 Å². The fourth-order valence-corrected chi connectivity index (χ4v) is 2.22. The van der Waals surface area contributed by atoms with Crippen molar-refractivity contribution in [3.8, 4) is 0 Å². The van der Waals surface area contributed by atoms with Crippen LogP contribution in [0.2, 0.25) is 0 Å². The molecule has 106 valence electrons. The van der Waals surface area contributed by atoms with Crippen molar-refractivity contribution in [2.75, 3.05) is 12.3 Å². The summed E-state index contributed by atoms with van der Waals surface area (Å²) in [6.07, 6.45) is 3.15. The van der Waals surface area contributed by atoms with E-state index in [9.17, 15) is 0 Å². The van der Waals surface area contributed by atoms with Gasteiger partial charge in [0.05, 0.1) is 6.04 Å². The van der Waals surface area contributed by atoms with Gasteiger partial charge in [0.1, 0.15) is 6.10 Å². The van der Waals surface area contributed by atoms with Gasteiger partial charge in [-0.15, -0.1) is 0 Å². The van der Waals surface area contributed by atoms with Crippen molar-refractivity contribution in [2.24, 2.45) is 5.84 Å². The van der Waals surface area contributed by atoms with Crippen LogP contribution in [0.25, 0.3) is 0 Å². The summed E-state index contributed by atoms with van der Waals surface area (Å²) in [5.74, 6) is 5.73. The van der Waals surface area contributed by atoms with Gasteiger partial charge >= 0.3 is 0 Å². The van der Waals surface area contributed by atoms with E-state index in [0.29, 0.717) is 12.3 Å². The van der Waals surface area contributed by atoms with Crippen LogP contribution in [0.3, 0.4) is 0 Å². The number of nitrogens with zero attached hydrogens (tertiary/aromatic N) is 1. The van der Waals surface area contributed by atoms with Crippen molar-refractivity contribution in [1.82, 2.24) is 10.4 Å². The molecular weight excluding hydrogens is 252 g/mol. The second kappa shape index (κ2) is 7.00. The van der Waals surface area contributed by atoms with Crippen molar-refractivity contribution in [2.45, 2.75) is 19.1 Å². The number of aromatic nitrogens is 1. The number of benzene rings is 1. The van der Waals surface area contributed by atoms with Gasteiger partial charge in [0, 0.05) is 30.3 Å². The van der Waals surface area contributed by atoms with Crippen LogP contribution in [0.5, 0.6) is 0 Å². The summed E-state index contributed by atoms with van der Waals surface area (Å²) in [7, 11) is 0. The standard InChI is InChI=1S/C15H20N4O/c1-2-20-15(11-6-4-3-5-7-11)14(19-17)12-10-18-9-8-13(12)16/h3-10,14-15,19H,2,17H2,1H3,(H2,16,18). The molecule has 0 fully saturated rings. The van der Waals surface area contributed by atoms with Crippen LogP contribution in [-0.4, -0.2) is 11.6 Å². The summed E-state index contributed by atoms with van der Waals surface area (Å²) in [5, 5.41) is 0. The van der Waals surface area contributed by atoms with Gasteiger partial charge in [-0.2, -0.15) is 0 Å². The first-order valence-corrected chi connectivity index (χ1v) is 6.60. The minimum absolute atomic E-state index is 0.224. The molecule has 2 unspecified atom stereocenters. The molecule has 0 saturated carbocycles. The van der Waals surface area contributed by atoms with Crippen molar-refractivity contribution >= 4 is 5.69 Å². The van der Waals surface area contributed by atoms with Crippen molar-refractivity contribution in [1.29, 1.82) is 0 Å². The second-order valence-corrected chi connectivity index (χ2v) is 4.44. The fraction of sp³-hybridized carbons (Fsp3) is 0.267. The summed E-state index contributed by atoms with van der Waals surface area (Å²) in [5.41, 5.74) is 11.3. The largest absolute Gasteiger partial charge is 0.398 e. The summed E-state index contributed by atoms with van der Waals surface area (Å²) in [6.45, 7) is 2.54. The van der Waals surface area contributed by atoms with Gasteiger partial charge in [-0.05, 0) is 18.6 Å². The predicted octanol–water partition coefficient (Wildman–Crippen LogP) is 1.95. The molecule has 1 aromatic carbocycles. The normalized spacial score (nSPS) is 13.9. The minimum Gasteiger partial charge on any atom is -0.398 e. The van der Waals surface area contributed by atoms with Gasteiger partial charge in [0.25, 0.3) is 0 Å². The topological polar surface area (TPSA) is 86.2 Å². The first-order chi connectivity index (χ1) is 9.77. The average Bonchev–Trinajstić information content (AvgIpc) is 2.50. The summed E-state index contributed by atoms with van der Waals surface area (Å²) in [4.78, 5) is 4.12. The molecule has 0 aliphatic rings. The van der Waals surface area contributed by atoms with E-state index in [4.69, 9.17) is 16.3 Å². The number of hydrogen-bond acceptors (Lipinski definition) is 5. The number of anilines is 1. The smallest absolute Gasteiger partial charge is 0.103 e. The van der Waals surface area contributed by atoms with E-state index in [-0.39, 0.29) is 12.1 Å². The minimum atomic E-state index is -0.258. The van der Waals surface area contributed by atoms with E-state index in [0.717, 1.165) is 11.1 Å². The molecule has 1 aromatic heterocycles. The number of nitrogens with one attached hydrogen (secondary N) is 1. The zero-order valence-corrected chi connectivity index (χ0v) is 11.5. The molecule has 0 bridgehead atoms. The van der Waals surface area contributed by atoms with E-state index >= 15 is 0 Å². The summed E-state index contributed by atoms with van der Waals surface area (Å²) in [6, 6.07) is 11.4. The maximum absolute atomic E-state index is 6.02. The molecule has 5 heteroatoms. The first kappa shape index (κ1) is 14.5. The highest BCUT2D eigenvalue weighted by atomic mass is 16.5. The van der Waals surface area contributed by atoms with Gasteiger partial charge in [-0.3, -0.25) is 10.8 Å². The maximum Gasteiger partial charge on any atom is 0.103 e. The van der Waals surface area contributed by atoms with E-state index in [1.165, 1.54) is 0 Å². The molecule has 1 heterocycles. The van der Waals surface area contributed by atoms with Crippen LogP contribution < -0.4 is 17.0 Å². The Labute approximate surface area is 118 Å². The van der Waals surface area contributed by atoms with Crippen LogP contribution in [0.4, 0.5) is 5.69 Å². The molecule has 2 atom stereocenters. The third kappa shape index (κ3) is 3.14. The SMILES string of the molecule is CCOC(c1ccccc1)C(NN)c1cnccc1N. The number of rotatable bonds is 6. The number of hydrogen-bond donors (Lipinski definition) is 3. The number of pyridine rings is 1. The number of nitrogen functional groups attached to an aromatic ring is 1. The molecule has 0 spiro atoms. The van der Waals surface area contributed by atoms with E-state index in [1.54, 1.807) is 18.5 Å². The lowest BCUT2D eigenvalue weighted by Gasteiger charge is -2.27. The first-order valence-electron chi connectivity index (χ1n) is 6.60. The van der Waals surface area contributed by atoms with Crippen LogP contribution in [-0.2, 0) is 4.74 Å². The summed E-state index contributed by atoms with van der Waals surface area (Å²) < 4.78 is 5.86. The molecule has 5 nitrogen and oxygen atoms in total. The zero-order valence-electron chi connectivity index (χ0n) is 11.5. The Hall–Kier alpha value is -1.95. The Bertz CT molecular complexity index is 532. The summed E-state index contributed by atoms with van der Waals surface area (Å²) >= 11 is 0. The molecule has 2 rings (SSSR count). The van der Waals surface area contributed by atoms with E-state index in [1.807, 2.05) is 37.3 Å². The number of nitrogens with two attached hydrogens (primary N) is 2. The lowest BCUT2D eigenvalue weighted by Crippen LogP contribution is -2.34. The quantitative estimate of drug-likeness (QED) is 0.552. The lowest BCUT2D eigenvalue weighted by atomic mass is 9.96. The Morgan fingerprint density at radius 3 is 2.60 bits per heavy atom.